The van der Waals surface area contributed by atoms with Crippen LogP contribution in [0.3, 0.4) is 0 Å². The molecule has 2 nitrogen and oxygen atoms in total. The molecule has 16 heavy (non-hydrogen) atoms. The molecule has 0 aliphatic carbocycles. The molecule has 0 unspecified atom stereocenters. The highest BCUT2D eigenvalue weighted by atomic mass is 79.9. The normalized spacial score (nSPS) is 10.1. The number of nitrogens with zero attached hydrogens (tertiary/aromatic N) is 1. The molecule has 0 atom stereocenters. The van der Waals surface area contributed by atoms with Gasteiger partial charge in [-0.05, 0) is 46.3 Å². The molecule has 0 fully saturated rings. The summed E-state index contributed by atoms with van der Waals surface area (Å²) in [6.07, 6.45) is 3.04. The van der Waals surface area contributed by atoms with Crippen molar-refractivity contribution in [2.75, 3.05) is 0 Å². The Morgan fingerprint density at radius 2 is 2.06 bits per heavy atom. The Labute approximate surface area is 100 Å². The van der Waals surface area contributed by atoms with Gasteiger partial charge in [-0.25, -0.2) is 4.39 Å². The molecule has 0 bridgehead atoms. The molecule has 0 aliphatic heterocycles. The van der Waals surface area contributed by atoms with Gasteiger partial charge in [-0.15, -0.1) is 0 Å². The second-order valence-electron chi connectivity index (χ2n) is 3.20. The summed E-state index contributed by atoms with van der Waals surface area (Å²) >= 11 is 3.04. The van der Waals surface area contributed by atoms with Crippen molar-refractivity contribution in [3.05, 3.63) is 64.1 Å². The lowest BCUT2D eigenvalue weighted by Crippen LogP contribution is -2.02. The average molecular weight is 280 g/mol. The summed E-state index contributed by atoms with van der Waals surface area (Å²) in [5, 5.41) is 0. The summed E-state index contributed by atoms with van der Waals surface area (Å²) in [6.45, 7) is 0. The molecule has 0 N–H and O–H groups in total. The maximum Gasteiger partial charge on any atom is 0.194 e. The van der Waals surface area contributed by atoms with E-state index in [1.807, 2.05) is 0 Å². The zero-order valence-corrected chi connectivity index (χ0v) is 9.74. The average Bonchev–Trinajstić information content (AvgIpc) is 2.33. The van der Waals surface area contributed by atoms with Gasteiger partial charge in [-0.2, -0.15) is 0 Å². The van der Waals surface area contributed by atoms with E-state index in [0.29, 0.717) is 15.6 Å². The van der Waals surface area contributed by atoms with E-state index in [-0.39, 0.29) is 5.78 Å². The first-order valence-electron chi connectivity index (χ1n) is 4.58. The number of carbonyl (C=O) groups excluding carboxylic acids is 1. The summed E-state index contributed by atoms with van der Waals surface area (Å²) < 4.78 is 13.6. The van der Waals surface area contributed by atoms with Gasteiger partial charge >= 0.3 is 0 Å². The van der Waals surface area contributed by atoms with Crippen LogP contribution in [0.2, 0.25) is 0 Å². The number of hydrogen-bond acceptors (Lipinski definition) is 2. The molecular formula is C12H7BrFNO. The molecule has 1 aromatic heterocycles. The van der Waals surface area contributed by atoms with Crippen LogP contribution in [0.4, 0.5) is 4.39 Å². The van der Waals surface area contributed by atoms with Crippen molar-refractivity contribution < 1.29 is 9.18 Å². The fourth-order valence-electron chi connectivity index (χ4n) is 1.30. The largest absolute Gasteiger partial charge is 0.289 e. The van der Waals surface area contributed by atoms with Gasteiger partial charge in [0, 0.05) is 23.5 Å². The Morgan fingerprint density at radius 3 is 2.69 bits per heavy atom. The summed E-state index contributed by atoms with van der Waals surface area (Å²) in [6, 6.07) is 7.61. The van der Waals surface area contributed by atoms with Crippen LogP contribution < -0.4 is 0 Å². The predicted octanol–water partition coefficient (Wildman–Crippen LogP) is 3.21. The topological polar surface area (TPSA) is 30.0 Å². The van der Waals surface area contributed by atoms with Gasteiger partial charge in [0.15, 0.2) is 5.78 Å². The fraction of sp³-hybridized carbons (Fsp3) is 0. The Balaban J connectivity index is 2.39. The molecule has 0 saturated carbocycles. The van der Waals surface area contributed by atoms with Crippen molar-refractivity contribution in [3.63, 3.8) is 0 Å². The number of carbonyl (C=O) groups is 1. The Hall–Kier alpha value is -1.55. The predicted molar refractivity (Wildman–Crippen MR) is 61.8 cm³/mol. The van der Waals surface area contributed by atoms with Crippen LogP contribution in [-0.2, 0) is 0 Å². The zero-order valence-electron chi connectivity index (χ0n) is 8.15. The van der Waals surface area contributed by atoms with E-state index in [1.165, 1.54) is 18.3 Å². The highest BCUT2D eigenvalue weighted by molar-refractivity contribution is 9.10. The molecule has 4 heteroatoms. The van der Waals surface area contributed by atoms with Crippen molar-refractivity contribution in [3.8, 4) is 0 Å². The van der Waals surface area contributed by atoms with Gasteiger partial charge < -0.3 is 0 Å². The third kappa shape index (κ3) is 2.17. The van der Waals surface area contributed by atoms with E-state index < -0.39 is 5.82 Å². The van der Waals surface area contributed by atoms with E-state index in [0.717, 1.165) is 0 Å². The van der Waals surface area contributed by atoms with Gasteiger partial charge in [0.2, 0.25) is 0 Å². The maximum atomic E-state index is 13.2. The minimum absolute atomic E-state index is 0.237. The third-order valence-corrected chi connectivity index (χ3v) is 2.75. The molecule has 2 aromatic rings. The van der Waals surface area contributed by atoms with Crippen LogP contribution in [0.1, 0.15) is 15.9 Å². The zero-order chi connectivity index (χ0) is 11.5. The summed E-state index contributed by atoms with van der Waals surface area (Å²) in [7, 11) is 0. The monoisotopic (exact) mass is 279 g/mol. The van der Waals surface area contributed by atoms with Gasteiger partial charge in [0.05, 0.1) is 4.47 Å². The molecule has 0 aliphatic rings. The van der Waals surface area contributed by atoms with E-state index in [4.69, 9.17) is 0 Å². The number of rotatable bonds is 2. The lowest BCUT2D eigenvalue weighted by atomic mass is 10.1. The molecule has 0 saturated heterocycles. The second kappa shape index (κ2) is 4.53. The smallest absolute Gasteiger partial charge is 0.194 e. The number of pyridine rings is 1. The van der Waals surface area contributed by atoms with Crippen molar-refractivity contribution >= 4 is 21.7 Å². The molecule has 1 heterocycles. The summed E-state index contributed by atoms with van der Waals surface area (Å²) in [5.41, 5.74) is 0.762. The molecule has 80 valence electrons. The van der Waals surface area contributed by atoms with E-state index >= 15 is 0 Å². The Bertz CT molecular complexity index is 528. The van der Waals surface area contributed by atoms with E-state index in [9.17, 15) is 9.18 Å². The lowest BCUT2D eigenvalue weighted by molar-refractivity contribution is 0.103. The van der Waals surface area contributed by atoms with Crippen molar-refractivity contribution in [1.29, 1.82) is 0 Å². The molecule has 0 spiro atoms. The quantitative estimate of drug-likeness (QED) is 0.790. The molecule has 1 aromatic carbocycles. The first-order valence-corrected chi connectivity index (χ1v) is 5.37. The molecule has 0 amide bonds. The number of aromatic nitrogens is 1. The fourth-order valence-corrected chi connectivity index (χ4v) is 1.55. The number of benzene rings is 1. The van der Waals surface area contributed by atoms with Crippen molar-refractivity contribution in [2.24, 2.45) is 0 Å². The number of ketones is 1. The third-order valence-electron chi connectivity index (χ3n) is 2.11. The highest BCUT2D eigenvalue weighted by Crippen LogP contribution is 2.18. The van der Waals surface area contributed by atoms with Gasteiger partial charge in [-0.3, -0.25) is 9.78 Å². The van der Waals surface area contributed by atoms with Crippen molar-refractivity contribution in [2.45, 2.75) is 0 Å². The number of halogens is 2. The molecule has 0 radical (unpaired) electrons. The lowest BCUT2D eigenvalue weighted by Gasteiger charge is -2.01. The van der Waals surface area contributed by atoms with Crippen LogP contribution in [-0.4, -0.2) is 10.8 Å². The van der Waals surface area contributed by atoms with E-state index in [1.54, 1.807) is 24.4 Å². The summed E-state index contributed by atoms with van der Waals surface area (Å²) in [5.74, 6) is -0.686. The Kier molecular flexibility index (Phi) is 3.10. The molecular weight excluding hydrogens is 273 g/mol. The van der Waals surface area contributed by atoms with Crippen LogP contribution in [0.15, 0.2) is 47.2 Å². The van der Waals surface area contributed by atoms with Crippen LogP contribution in [0, 0.1) is 5.82 Å². The van der Waals surface area contributed by atoms with Crippen molar-refractivity contribution in [1.82, 2.24) is 4.98 Å². The first-order chi connectivity index (χ1) is 7.68. The van der Waals surface area contributed by atoms with Crippen LogP contribution in [0.5, 0.6) is 0 Å². The van der Waals surface area contributed by atoms with Gasteiger partial charge in [0.25, 0.3) is 0 Å². The first kappa shape index (κ1) is 11.0. The number of hydrogen-bond donors (Lipinski definition) is 0. The van der Waals surface area contributed by atoms with E-state index in [2.05, 4.69) is 20.9 Å². The minimum atomic E-state index is -0.449. The second-order valence-corrected chi connectivity index (χ2v) is 4.05. The van der Waals surface area contributed by atoms with Crippen LogP contribution in [0.25, 0.3) is 0 Å². The summed E-state index contributed by atoms with van der Waals surface area (Å²) in [4.78, 5) is 15.7. The SMILES string of the molecule is O=C(c1cccnc1)c1ccc(Br)c(F)c1. The minimum Gasteiger partial charge on any atom is -0.289 e. The van der Waals surface area contributed by atoms with Gasteiger partial charge in [-0.1, -0.05) is 0 Å². The standard InChI is InChI=1S/C12H7BrFNO/c13-10-4-3-8(6-11(10)14)12(16)9-2-1-5-15-7-9/h1-7H. The molecule has 2 rings (SSSR count). The van der Waals surface area contributed by atoms with Gasteiger partial charge in [0.1, 0.15) is 5.82 Å². The van der Waals surface area contributed by atoms with Crippen LogP contribution >= 0.6 is 15.9 Å². The highest BCUT2D eigenvalue weighted by Gasteiger charge is 2.10. The Morgan fingerprint density at radius 1 is 1.25 bits per heavy atom. The maximum absolute atomic E-state index is 13.2.